The maximum atomic E-state index is 11.9. The average Bonchev–Trinajstić information content (AvgIpc) is 3.00. The van der Waals surface area contributed by atoms with Gasteiger partial charge in [-0.2, -0.15) is 0 Å². The number of nitrogens with one attached hydrogen (secondary N) is 2. The highest BCUT2D eigenvalue weighted by Crippen LogP contribution is 2.28. The van der Waals surface area contributed by atoms with Crippen LogP contribution in [0.15, 0.2) is 16.7 Å². The van der Waals surface area contributed by atoms with Gasteiger partial charge in [-0.05, 0) is 34.8 Å². The first-order chi connectivity index (χ1) is 9.13. The van der Waals surface area contributed by atoms with E-state index in [1.807, 2.05) is 0 Å². The number of hydrogen-bond acceptors (Lipinski definition) is 4. The van der Waals surface area contributed by atoms with Gasteiger partial charge in [-0.15, -0.1) is 10.2 Å². The van der Waals surface area contributed by atoms with Crippen molar-refractivity contribution in [1.29, 1.82) is 0 Å². The number of carbonyl (C=O) groups excluding carboxylic acids is 1. The predicted octanol–water partition coefficient (Wildman–Crippen LogP) is 3.78. The van der Waals surface area contributed by atoms with Crippen LogP contribution >= 0.6 is 27.3 Å². The second-order valence-electron chi connectivity index (χ2n) is 4.14. The number of halogens is 1. The first-order valence-electron chi connectivity index (χ1n) is 6.12. The molecule has 0 atom stereocenters. The number of aromatic nitrogens is 3. The fourth-order valence-corrected chi connectivity index (χ4v) is 3.10. The van der Waals surface area contributed by atoms with Crippen LogP contribution in [0.5, 0.6) is 0 Å². The molecular weight excluding hydrogens is 328 g/mol. The van der Waals surface area contributed by atoms with Gasteiger partial charge in [0.1, 0.15) is 10.7 Å². The van der Waals surface area contributed by atoms with E-state index in [1.54, 1.807) is 12.3 Å². The van der Waals surface area contributed by atoms with Gasteiger partial charge in [-0.3, -0.25) is 10.1 Å². The van der Waals surface area contributed by atoms with Crippen LogP contribution in [0.4, 0.5) is 5.13 Å². The molecule has 1 amide bonds. The highest BCUT2D eigenvalue weighted by atomic mass is 79.9. The summed E-state index contributed by atoms with van der Waals surface area (Å²) in [5, 5.41) is 12.4. The summed E-state index contributed by atoms with van der Waals surface area (Å²) >= 11 is 4.73. The second kappa shape index (κ2) is 6.29. The molecule has 2 heterocycles. The lowest BCUT2D eigenvalue weighted by atomic mass is 10.1. The zero-order valence-electron chi connectivity index (χ0n) is 10.7. The molecule has 0 aliphatic rings. The van der Waals surface area contributed by atoms with Crippen LogP contribution in [0.3, 0.4) is 0 Å². The van der Waals surface area contributed by atoms with Crippen LogP contribution in [0.25, 0.3) is 0 Å². The number of hydrogen-bond donors (Lipinski definition) is 2. The summed E-state index contributed by atoms with van der Waals surface area (Å²) in [6.07, 6.45) is 3.77. The maximum absolute atomic E-state index is 11.9. The molecule has 0 fully saturated rings. The summed E-state index contributed by atoms with van der Waals surface area (Å²) in [5.74, 6) is 0.209. The summed E-state index contributed by atoms with van der Waals surface area (Å²) < 4.78 is 0.840. The Bertz CT molecular complexity index is 562. The van der Waals surface area contributed by atoms with Crippen LogP contribution in [-0.2, 0) is 0 Å². The lowest BCUT2D eigenvalue weighted by Gasteiger charge is -2.05. The fraction of sp³-hybridized carbons (Fsp3) is 0.417. The van der Waals surface area contributed by atoms with E-state index in [2.05, 4.69) is 50.3 Å². The largest absolute Gasteiger partial charge is 0.356 e. The molecule has 7 heteroatoms. The zero-order chi connectivity index (χ0) is 13.8. The van der Waals surface area contributed by atoms with Gasteiger partial charge in [-0.25, -0.2) is 0 Å². The third kappa shape index (κ3) is 3.42. The van der Waals surface area contributed by atoms with E-state index in [0.717, 1.165) is 22.3 Å². The molecule has 2 N–H and O–H groups in total. The topological polar surface area (TPSA) is 70.7 Å². The Morgan fingerprint density at radius 2 is 2.21 bits per heavy atom. The molecule has 0 saturated heterocycles. The fourth-order valence-electron chi connectivity index (χ4n) is 1.75. The summed E-state index contributed by atoms with van der Waals surface area (Å²) in [4.78, 5) is 14.8. The average molecular weight is 343 g/mol. The van der Waals surface area contributed by atoms with Crippen molar-refractivity contribution in [2.45, 2.75) is 32.6 Å². The molecule has 0 bridgehead atoms. The lowest BCUT2D eigenvalue weighted by Crippen LogP contribution is -2.11. The molecule has 2 aromatic heterocycles. The van der Waals surface area contributed by atoms with Crippen molar-refractivity contribution < 1.29 is 4.79 Å². The van der Waals surface area contributed by atoms with Gasteiger partial charge in [0.05, 0.1) is 0 Å². The standard InChI is InChI=1S/C12H15BrN4OS/c1-3-7(4-2)11-16-17-12(19-11)15-10(18)9-5-8(13)6-14-9/h5-7,14H,3-4H2,1-2H3,(H,15,17,18). The molecule has 2 rings (SSSR count). The van der Waals surface area contributed by atoms with Gasteiger partial charge in [0.15, 0.2) is 0 Å². The smallest absolute Gasteiger partial charge is 0.273 e. The van der Waals surface area contributed by atoms with Gasteiger partial charge in [0.2, 0.25) is 5.13 Å². The minimum absolute atomic E-state index is 0.210. The maximum Gasteiger partial charge on any atom is 0.273 e. The number of H-pyrrole nitrogens is 1. The Labute approximate surface area is 124 Å². The Hall–Kier alpha value is -1.21. The van der Waals surface area contributed by atoms with Crippen molar-refractivity contribution in [3.8, 4) is 0 Å². The van der Waals surface area contributed by atoms with Crippen LogP contribution in [0, 0.1) is 0 Å². The van der Waals surface area contributed by atoms with E-state index in [-0.39, 0.29) is 5.91 Å². The van der Waals surface area contributed by atoms with Crippen LogP contribution < -0.4 is 5.32 Å². The summed E-state index contributed by atoms with van der Waals surface area (Å²) in [5.41, 5.74) is 0.492. The van der Waals surface area contributed by atoms with E-state index in [4.69, 9.17) is 0 Å². The molecule has 0 radical (unpaired) electrons. The number of rotatable bonds is 5. The summed E-state index contributed by atoms with van der Waals surface area (Å²) in [6, 6.07) is 1.72. The summed E-state index contributed by atoms with van der Waals surface area (Å²) in [7, 11) is 0. The highest BCUT2D eigenvalue weighted by Gasteiger charge is 2.15. The monoisotopic (exact) mass is 342 g/mol. The van der Waals surface area contributed by atoms with Crippen molar-refractivity contribution in [3.63, 3.8) is 0 Å². The van der Waals surface area contributed by atoms with Crippen molar-refractivity contribution in [1.82, 2.24) is 15.2 Å². The molecule has 0 unspecified atom stereocenters. The van der Waals surface area contributed by atoms with Gasteiger partial charge in [-0.1, -0.05) is 25.2 Å². The van der Waals surface area contributed by atoms with Gasteiger partial charge in [0.25, 0.3) is 5.91 Å². The normalized spacial score (nSPS) is 10.9. The molecule has 0 aliphatic carbocycles. The van der Waals surface area contributed by atoms with Crippen molar-refractivity contribution in [3.05, 3.63) is 27.4 Å². The van der Waals surface area contributed by atoms with E-state index in [1.165, 1.54) is 11.3 Å². The molecule has 0 aliphatic heterocycles. The molecule has 5 nitrogen and oxygen atoms in total. The van der Waals surface area contributed by atoms with Gasteiger partial charge in [0, 0.05) is 16.6 Å². The number of carbonyl (C=O) groups is 1. The van der Waals surface area contributed by atoms with E-state index in [9.17, 15) is 4.79 Å². The van der Waals surface area contributed by atoms with Crippen LogP contribution in [0.1, 0.15) is 48.1 Å². The molecule has 19 heavy (non-hydrogen) atoms. The van der Waals surface area contributed by atoms with Crippen LogP contribution in [-0.4, -0.2) is 21.1 Å². The number of amides is 1. The molecule has 0 aromatic carbocycles. The molecule has 0 saturated carbocycles. The predicted molar refractivity (Wildman–Crippen MR) is 79.7 cm³/mol. The Morgan fingerprint density at radius 3 is 2.79 bits per heavy atom. The minimum Gasteiger partial charge on any atom is -0.356 e. The van der Waals surface area contributed by atoms with E-state index < -0.39 is 0 Å². The molecule has 102 valence electrons. The Balaban J connectivity index is 2.06. The zero-order valence-corrected chi connectivity index (χ0v) is 13.1. The van der Waals surface area contributed by atoms with E-state index in [0.29, 0.717) is 16.7 Å². The first-order valence-corrected chi connectivity index (χ1v) is 7.73. The quantitative estimate of drug-likeness (QED) is 0.868. The second-order valence-corrected chi connectivity index (χ2v) is 6.07. The Morgan fingerprint density at radius 1 is 1.47 bits per heavy atom. The van der Waals surface area contributed by atoms with Crippen LogP contribution in [0.2, 0.25) is 0 Å². The SMILES string of the molecule is CCC(CC)c1nnc(NC(=O)c2cc(Br)c[nH]2)s1. The molecule has 0 spiro atoms. The van der Waals surface area contributed by atoms with E-state index >= 15 is 0 Å². The summed E-state index contributed by atoms with van der Waals surface area (Å²) in [6.45, 7) is 4.26. The van der Waals surface area contributed by atoms with Crippen molar-refractivity contribution in [2.75, 3.05) is 5.32 Å². The first kappa shape index (κ1) is 14.2. The molecular formula is C12H15BrN4OS. The highest BCUT2D eigenvalue weighted by molar-refractivity contribution is 9.10. The van der Waals surface area contributed by atoms with Gasteiger partial charge >= 0.3 is 0 Å². The Kier molecular flexibility index (Phi) is 4.71. The van der Waals surface area contributed by atoms with Crippen molar-refractivity contribution in [2.24, 2.45) is 0 Å². The van der Waals surface area contributed by atoms with Crippen molar-refractivity contribution >= 4 is 38.3 Å². The number of anilines is 1. The lowest BCUT2D eigenvalue weighted by molar-refractivity contribution is 0.102. The third-order valence-electron chi connectivity index (χ3n) is 2.89. The number of nitrogens with zero attached hydrogens (tertiary/aromatic N) is 2. The minimum atomic E-state index is -0.210. The molecule has 2 aromatic rings. The number of aromatic amines is 1. The van der Waals surface area contributed by atoms with Gasteiger partial charge < -0.3 is 4.98 Å². The third-order valence-corrected chi connectivity index (χ3v) is 4.35.